The fourth-order valence-electron chi connectivity index (χ4n) is 0.215. The first-order valence-corrected chi connectivity index (χ1v) is 1.48. The number of nitrogens with zero attached hydrogens (tertiary/aromatic N) is 1. The van der Waals surface area contributed by atoms with Crippen molar-refractivity contribution >= 4 is 0 Å². The van der Waals surface area contributed by atoms with E-state index in [4.69, 9.17) is 0 Å². The van der Waals surface area contributed by atoms with Crippen molar-refractivity contribution in [1.82, 2.24) is 0 Å². The van der Waals surface area contributed by atoms with E-state index in [1.807, 2.05) is 6.08 Å². The van der Waals surface area contributed by atoms with Gasteiger partial charge in [-0.3, -0.25) is 0 Å². The highest BCUT2D eigenvalue weighted by Gasteiger charge is 1.66. The molecule has 0 bridgehead atoms. The second kappa shape index (κ2) is 1.08. The van der Waals surface area contributed by atoms with Crippen LogP contribution in [0.5, 0.6) is 0 Å². The van der Waals surface area contributed by atoms with Crippen LogP contribution in [0.25, 0.3) is 5.48 Å². The number of hydrogen-bond donors (Lipinski definition) is 0. The third-order valence-corrected chi connectivity index (χ3v) is 0.412. The zero-order valence-corrected chi connectivity index (χ0v) is 2.72. The molecule has 1 aliphatic heterocycles. The van der Waals surface area contributed by atoms with Crippen LogP contribution < -0.4 is 0 Å². The normalized spacial score (nSPS) is 19.2. The lowest BCUT2D eigenvalue weighted by Crippen LogP contribution is -1.61. The van der Waals surface area contributed by atoms with Crippen LogP contribution in [0.15, 0.2) is 12.3 Å². The summed E-state index contributed by atoms with van der Waals surface area (Å²) in [6, 6.07) is 0. The van der Waals surface area contributed by atoms with E-state index in [1.54, 1.807) is 6.26 Å². The van der Waals surface area contributed by atoms with Gasteiger partial charge in [-0.15, -0.1) is 0 Å². The van der Waals surface area contributed by atoms with Gasteiger partial charge >= 0.3 is 0 Å². The highest BCUT2D eigenvalue weighted by atomic mass is 16.6. The molecule has 2 heteroatoms. The highest BCUT2D eigenvalue weighted by Crippen LogP contribution is 1.97. The van der Waals surface area contributed by atoms with Gasteiger partial charge in [-0.1, -0.05) is 12.6 Å². The van der Waals surface area contributed by atoms with E-state index >= 15 is 0 Å². The lowest BCUT2D eigenvalue weighted by atomic mass is 10.7. The van der Waals surface area contributed by atoms with E-state index in [0.29, 0.717) is 0 Å². The minimum atomic E-state index is 0.722. The van der Waals surface area contributed by atoms with Gasteiger partial charge in [-0.05, 0) is 0 Å². The van der Waals surface area contributed by atoms with Gasteiger partial charge in [0.1, 0.15) is 0 Å². The summed E-state index contributed by atoms with van der Waals surface area (Å²) in [6.45, 7) is 0.722. The second-order valence-corrected chi connectivity index (χ2v) is 0.789. The summed E-state index contributed by atoms with van der Waals surface area (Å²) in [4.78, 5) is 4.39. The lowest BCUT2D eigenvalue weighted by Gasteiger charge is -2.04. The summed E-state index contributed by atoms with van der Waals surface area (Å²) in [5.41, 5.74) is 3.47. The molecule has 0 atom stereocenters. The second-order valence-electron chi connectivity index (χ2n) is 0.789. The van der Waals surface area contributed by atoms with E-state index < -0.39 is 0 Å². The monoisotopic (exact) mass is 70.0 g/mol. The molecule has 0 fully saturated rings. The Kier molecular flexibility index (Phi) is 0.588. The van der Waals surface area contributed by atoms with Crippen LogP contribution in [-0.2, 0) is 4.84 Å². The van der Waals surface area contributed by atoms with Crippen molar-refractivity contribution in [3.8, 4) is 0 Å². The largest absolute Gasteiger partial charge is 0.593 e. The third kappa shape index (κ3) is 0.389. The van der Waals surface area contributed by atoms with Crippen molar-refractivity contribution in [3.63, 3.8) is 0 Å². The van der Waals surface area contributed by atoms with Gasteiger partial charge in [0.25, 0.3) is 0 Å². The molecule has 1 heterocycles. The SMILES string of the molecule is C1=CO[N-]C1. The summed E-state index contributed by atoms with van der Waals surface area (Å²) >= 11 is 0. The third-order valence-electron chi connectivity index (χ3n) is 0.412. The Bertz CT molecular complexity index is 44.9. The number of rotatable bonds is 0. The maximum atomic E-state index is 4.39. The zero-order valence-electron chi connectivity index (χ0n) is 2.72. The Hall–Kier alpha value is -0.500. The fourth-order valence-corrected chi connectivity index (χ4v) is 0.215. The predicted molar refractivity (Wildman–Crippen MR) is 18.5 cm³/mol. The van der Waals surface area contributed by atoms with Gasteiger partial charge in [0.05, 0.1) is 6.26 Å². The molecule has 0 unspecified atom stereocenters. The van der Waals surface area contributed by atoms with Crippen molar-refractivity contribution in [2.45, 2.75) is 0 Å². The van der Waals surface area contributed by atoms with E-state index in [0.717, 1.165) is 6.54 Å². The van der Waals surface area contributed by atoms with E-state index in [1.165, 1.54) is 0 Å². The molecular weight excluding hydrogens is 66.0 g/mol. The molecule has 5 heavy (non-hydrogen) atoms. The fraction of sp³-hybridized carbons (Fsp3) is 0.333. The van der Waals surface area contributed by atoms with E-state index in [9.17, 15) is 0 Å². The van der Waals surface area contributed by atoms with Crippen molar-refractivity contribution in [1.29, 1.82) is 0 Å². The molecule has 0 saturated carbocycles. The highest BCUT2D eigenvalue weighted by molar-refractivity contribution is 4.92. The molecule has 0 spiro atoms. The topological polar surface area (TPSA) is 23.3 Å². The quantitative estimate of drug-likeness (QED) is 0.414. The first-order valence-electron chi connectivity index (χ1n) is 1.48. The van der Waals surface area contributed by atoms with Gasteiger partial charge in [0.15, 0.2) is 0 Å². The Morgan fingerprint density at radius 3 is 3.00 bits per heavy atom. The summed E-state index contributed by atoms with van der Waals surface area (Å²) < 4.78 is 0. The Morgan fingerprint density at radius 1 is 1.80 bits per heavy atom. The molecule has 0 aromatic carbocycles. The summed E-state index contributed by atoms with van der Waals surface area (Å²) in [6.07, 6.45) is 3.42. The standard InChI is InChI=1S/C3H4NO/c1-2-4-5-3-1/h1,3H,2H2/q-1. The van der Waals surface area contributed by atoms with Crippen molar-refractivity contribution in [3.05, 3.63) is 17.8 Å². The van der Waals surface area contributed by atoms with Gasteiger partial charge < -0.3 is 10.3 Å². The van der Waals surface area contributed by atoms with Crippen LogP contribution in [0.1, 0.15) is 0 Å². The van der Waals surface area contributed by atoms with Crippen molar-refractivity contribution in [2.75, 3.05) is 6.54 Å². The first kappa shape index (κ1) is 2.72. The molecule has 1 rings (SSSR count). The molecule has 0 aromatic rings. The van der Waals surface area contributed by atoms with Crippen molar-refractivity contribution in [2.24, 2.45) is 0 Å². The molecule has 0 aliphatic carbocycles. The Morgan fingerprint density at radius 2 is 2.80 bits per heavy atom. The van der Waals surface area contributed by atoms with E-state index in [2.05, 4.69) is 10.3 Å². The zero-order chi connectivity index (χ0) is 3.54. The van der Waals surface area contributed by atoms with Crippen LogP contribution in [0.2, 0.25) is 0 Å². The molecule has 28 valence electrons. The van der Waals surface area contributed by atoms with Crippen LogP contribution in [0.4, 0.5) is 0 Å². The Labute approximate surface area is 30.4 Å². The lowest BCUT2D eigenvalue weighted by molar-refractivity contribution is 0.375. The molecule has 0 aromatic heterocycles. The van der Waals surface area contributed by atoms with Crippen LogP contribution in [0.3, 0.4) is 0 Å². The molecule has 0 saturated heterocycles. The van der Waals surface area contributed by atoms with Gasteiger partial charge in [-0.25, -0.2) is 0 Å². The summed E-state index contributed by atoms with van der Waals surface area (Å²) in [7, 11) is 0. The minimum absolute atomic E-state index is 0.722. The number of hydrogen-bond acceptors (Lipinski definition) is 1. The molecule has 1 aliphatic rings. The molecule has 0 N–H and O–H groups in total. The molecule has 0 radical (unpaired) electrons. The summed E-state index contributed by atoms with van der Waals surface area (Å²) in [5, 5.41) is 0. The maximum Gasteiger partial charge on any atom is 0.0570 e. The minimum Gasteiger partial charge on any atom is -0.593 e. The molecule has 0 amide bonds. The van der Waals surface area contributed by atoms with Crippen LogP contribution in [-0.4, -0.2) is 6.54 Å². The first-order chi connectivity index (χ1) is 2.50. The van der Waals surface area contributed by atoms with Gasteiger partial charge in [0.2, 0.25) is 0 Å². The predicted octanol–water partition coefficient (Wildman–Crippen LogP) is 0.819. The van der Waals surface area contributed by atoms with Gasteiger partial charge in [0, 0.05) is 0 Å². The van der Waals surface area contributed by atoms with Crippen molar-refractivity contribution < 1.29 is 4.84 Å². The Balaban J connectivity index is 2.32. The maximum absolute atomic E-state index is 4.39. The average Bonchev–Trinajstić information content (AvgIpc) is 1.76. The molecule has 2 nitrogen and oxygen atoms in total. The smallest absolute Gasteiger partial charge is 0.0570 e. The average molecular weight is 70.1 g/mol. The van der Waals surface area contributed by atoms with E-state index in [-0.39, 0.29) is 0 Å². The van der Waals surface area contributed by atoms with Crippen LogP contribution in [0, 0.1) is 0 Å². The number of hydroxylamine groups is 1. The molecular formula is C3H4NO-. The summed E-state index contributed by atoms with van der Waals surface area (Å²) in [5.74, 6) is 0. The van der Waals surface area contributed by atoms with Gasteiger partial charge in [-0.2, -0.15) is 0 Å². The van der Waals surface area contributed by atoms with Crippen LogP contribution >= 0.6 is 0 Å².